The summed E-state index contributed by atoms with van der Waals surface area (Å²) >= 11 is 0. The molecule has 2 aliphatic heterocycles. The molecule has 2 aromatic rings. The zero-order valence-electron chi connectivity index (χ0n) is 20.1. The molecular weight excluding hydrogens is 547 g/mol. The lowest BCUT2D eigenvalue weighted by Gasteiger charge is -2.47. The molecule has 10 nitrogen and oxygen atoms in total. The Bertz CT molecular complexity index is 1040. The van der Waals surface area contributed by atoms with Crippen molar-refractivity contribution < 1.29 is 55.3 Å². The van der Waals surface area contributed by atoms with Gasteiger partial charge in [-0.05, 0) is 24.5 Å². The Morgan fingerprint density at radius 2 is 1.49 bits per heavy atom. The molecule has 2 N–H and O–H groups in total. The Morgan fingerprint density at radius 3 is 1.95 bits per heavy atom. The molecule has 0 atom stereocenters. The Labute approximate surface area is 217 Å². The third kappa shape index (κ3) is 10.6. The highest BCUT2D eigenvalue weighted by atomic mass is 19.4. The van der Waals surface area contributed by atoms with Crippen molar-refractivity contribution in [2.75, 3.05) is 37.7 Å². The molecule has 1 spiro atoms. The van der Waals surface area contributed by atoms with Crippen LogP contribution in [0, 0.1) is 5.82 Å². The summed E-state index contributed by atoms with van der Waals surface area (Å²) in [4.78, 5) is 34.8. The van der Waals surface area contributed by atoms with E-state index in [-0.39, 0.29) is 5.60 Å². The number of alkyl halides is 6. The molecule has 0 bridgehead atoms. The first kappa shape index (κ1) is 31.6. The molecular formula is C22H24F7N5O5. The third-order valence-corrected chi connectivity index (χ3v) is 5.52. The molecule has 4 rings (SSSR count). The molecule has 0 radical (unpaired) electrons. The van der Waals surface area contributed by atoms with Crippen LogP contribution in [0.1, 0.15) is 18.4 Å². The lowest BCUT2D eigenvalue weighted by atomic mass is 9.89. The average molecular weight is 571 g/mol. The van der Waals surface area contributed by atoms with Crippen molar-refractivity contribution in [2.45, 2.75) is 37.3 Å². The molecule has 0 saturated carbocycles. The maximum Gasteiger partial charge on any atom is 0.490 e. The van der Waals surface area contributed by atoms with Crippen LogP contribution in [-0.2, 0) is 20.9 Å². The van der Waals surface area contributed by atoms with E-state index in [2.05, 4.69) is 30.8 Å². The van der Waals surface area contributed by atoms with Crippen molar-refractivity contribution in [1.29, 1.82) is 0 Å². The van der Waals surface area contributed by atoms with Gasteiger partial charge in [0.15, 0.2) is 5.82 Å². The molecule has 0 aliphatic carbocycles. The van der Waals surface area contributed by atoms with E-state index in [1.807, 2.05) is 12.3 Å². The average Bonchev–Trinajstić information content (AvgIpc) is 2.86. The highest BCUT2D eigenvalue weighted by Gasteiger charge is 2.41. The molecule has 4 heterocycles. The van der Waals surface area contributed by atoms with Crippen LogP contribution in [0.25, 0.3) is 0 Å². The van der Waals surface area contributed by atoms with E-state index in [1.54, 1.807) is 6.20 Å². The van der Waals surface area contributed by atoms with Crippen molar-refractivity contribution in [3.05, 3.63) is 48.3 Å². The lowest BCUT2D eigenvalue weighted by Crippen LogP contribution is -2.57. The van der Waals surface area contributed by atoms with Crippen molar-refractivity contribution in [1.82, 2.24) is 19.9 Å². The van der Waals surface area contributed by atoms with Crippen LogP contribution in [0.15, 0.2) is 36.9 Å². The van der Waals surface area contributed by atoms with Crippen LogP contribution < -0.4 is 4.90 Å². The molecule has 2 fully saturated rings. The number of aromatic nitrogens is 3. The number of hydrogen-bond donors (Lipinski definition) is 2. The topological polar surface area (TPSA) is 129 Å². The van der Waals surface area contributed by atoms with E-state index in [4.69, 9.17) is 24.5 Å². The predicted octanol–water partition coefficient (Wildman–Crippen LogP) is 3.15. The summed E-state index contributed by atoms with van der Waals surface area (Å²) in [6.07, 6.45) is -2.04. The molecule has 216 valence electrons. The van der Waals surface area contributed by atoms with Gasteiger partial charge in [-0.25, -0.2) is 23.9 Å². The second-order valence-electron chi connectivity index (χ2n) is 8.40. The number of rotatable bonds is 3. The zero-order valence-corrected chi connectivity index (χ0v) is 20.1. The number of morpholine rings is 1. The van der Waals surface area contributed by atoms with Gasteiger partial charge in [-0.1, -0.05) is 6.07 Å². The van der Waals surface area contributed by atoms with Crippen LogP contribution >= 0.6 is 0 Å². The van der Waals surface area contributed by atoms with Crippen LogP contribution in [0.5, 0.6) is 0 Å². The molecule has 39 heavy (non-hydrogen) atoms. The normalized spacial score (nSPS) is 17.4. The minimum Gasteiger partial charge on any atom is -0.475 e. The summed E-state index contributed by atoms with van der Waals surface area (Å²) in [5, 5.41) is 14.2. The predicted molar refractivity (Wildman–Crippen MR) is 119 cm³/mol. The first-order valence-corrected chi connectivity index (χ1v) is 11.2. The summed E-state index contributed by atoms with van der Waals surface area (Å²) in [5.74, 6) is -5.34. The molecule has 17 heteroatoms. The minimum atomic E-state index is -5.08. The third-order valence-electron chi connectivity index (χ3n) is 5.52. The largest absolute Gasteiger partial charge is 0.490 e. The van der Waals surface area contributed by atoms with Crippen molar-refractivity contribution in [3.8, 4) is 0 Å². The summed E-state index contributed by atoms with van der Waals surface area (Å²) in [6, 6.07) is 4.09. The fraction of sp³-hybridized carbons (Fsp3) is 0.500. The highest BCUT2D eigenvalue weighted by Crippen LogP contribution is 2.31. The standard InChI is InChI=1S/C18H22FN5O.2C2HF3O2/c19-16-11-21-17(22-12-16)24-8-9-25-18(14-24)3-6-23(7-4-18)13-15-2-1-5-20-10-15;2*3-2(4,5)1(6)7/h1-2,5,10-12H,3-4,6-9,13-14H2;2*(H,6,7). The minimum absolute atomic E-state index is 0.151. The second-order valence-corrected chi connectivity index (χ2v) is 8.40. The quantitative estimate of drug-likeness (QED) is 0.531. The van der Waals surface area contributed by atoms with Crippen molar-refractivity contribution >= 4 is 17.9 Å². The van der Waals surface area contributed by atoms with Gasteiger partial charge in [0.2, 0.25) is 5.95 Å². The maximum absolute atomic E-state index is 13.0. The number of carboxylic acids is 2. The number of pyridine rings is 1. The number of piperidine rings is 1. The molecule has 0 aromatic carbocycles. The van der Waals surface area contributed by atoms with Crippen LogP contribution in [-0.4, -0.2) is 92.7 Å². The van der Waals surface area contributed by atoms with Gasteiger partial charge < -0.3 is 19.8 Å². The Kier molecular flexibility index (Phi) is 10.9. The van der Waals surface area contributed by atoms with E-state index >= 15 is 0 Å². The van der Waals surface area contributed by atoms with Crippen molar-refractivity contribution in [2.24, 2.45) is 0 Å². The summed E-state index contributed by atoms with van der Waals surface area (Å²) in [7, 11) is 0. The SMILES string of the molecule is Fc1cnc(N2CCOC3(CCN(Cc4cccnc4)CC3)C2)nc1.O=C(O)C(F)(F)F.O=C(O)C(F)(F)F. The van der Waals surface area contributed by atoms with Gasteiger partial charge in [0.05, 0.1) is 31.1 Å². The first-order chi connectivity index (χ1) is 18.1. The Balaban J connectivity index is 0.000000317. The number of ether oxygens (including phenoxy) is 1. The number of nitrogens with zero attached hydrogens (tertiary/aromatic N) is 5. The number of hydrogen-bond acceptors (Lipinski definition) is 8. The van der Waals surface area contributed by atoms with E-state index in [9.17, 15) is 30.7 Å². The van der Waals surface area contributed by atoms with Gasteiger partial charge in [-0.2, -0.15) is 26.3 Å². The van der Waals surface area contributed by atoms with Gasteiger partial charge in [0.25, 0.3) is 0 Å². The van der Waals surface area contributed by atoms with Gasteiger partial charge in [0, 0.05) is 38.6 Å². The number of likely N-dealkylation sites (tertiary alicyclic amines) is 1. The number of carbonyl (C=O) groups is 2. The van der Waals surface area contributed by atoms with Crippen LogP contribution in [0.4, 0.5) is 36.7 Å². The van der Waals surface area contributed by atoms with E-state index in [0.29, 0.717) is 12.6 Å². The van der Waals surface area contributed by atoms with E-state index in [1.165, 1.54) is 18.0 Å². The zero-order chi connectivity index (χ0) is 29.3. The molecule has 2 aliphatic rings. The van der Waals surface area contributed by atoms with Gasteiger partial charge in [-0.15, -0.1) is 0 Å². The monoisotopic (exact) mass is 571 g/mol. The second kappa shape index (κ2) is 13.5. The smallest absolute Gasteiger partial charge is 0.475 e. The first-order valence-electron chi connectivity index (χ1n) is 11.2. The molecule has 0 unspecified atom stereocenters. The van der Waals surface area contributed by atoms with Gasteiger partial charge in [0.1, 0.15) is 0 Å². The number of aliphatic carboxylic acids is 2. The van der Waals surface area contributed by atoms with Gasteiger partial charge >= 0.3 is 24.3 Å². The maximum atomic E-state index is 13.0. The van der Waals surface area contributed by atoms with E-state index in [0.717, 1.165) is 45.6 Å². The van der Waals surface area contributed by atoms with Gasteiger partial charge in [-0.3, -0.25) is 9.88 Å². The summed E-state index contributed by atoms with van der Waals surface area (Å²) in [6.45, 7) is 5.07. The molecule has 0 amide bonds. The van der Waals surface area contributed by atoms with Crippen LogP contribution in [0.2, 0.25) is 0 Å². The lowest BCUT2D eigenvalue weighted by molar-refractivity contribution is -0.193. The summed E-state index contributed by atoms with van der Waals surface area (Å²) in [5.41, 5.74) is 1.09. The highest BCUT2D eigenvalue weighted by molar-refractivity contribution is 5.73. The molecule has 2 saturated heterocycles. The number of carboxylic acid groups (broad SMARTS) is 2. The Hall–Kier alpha value is -3.60. The van der Waals surface area contributed by atoms with Crippen molar-refractivity contribution in [3.63, 3.8) is 0 Å². The fourth-order valence-electron chi connectivity index (χ4n) is 3.66. The fourth-order valence-corrected chi connectivity index (χ4v) is 3.66. The van der Waals surface area contributed by atoms with Crippen LogP contribution in [0.3, 0.4) is 0 Å². The summed E-state index contributed by atoms with van der Waals surface area (Å²) < 4.78 is 82.7. The number of anilines is 1. The molecule has 2 aromatic heterocycles. The number of halogens is 7. The van der Waals surface area contributed by atoms with E-state index < -0.39 is 30.1 Å². The Morgan fingerprint density at radius 1 is 0.949 bits per heavy atom.